The van der Waals surface area contributed by atoms with E-state index in [4.69, 9.17) is 5.73 Å². The monoisotopic (exact) mass is 260 g/mol. The predicted molar refractivity (Wildman–Crippen MR) is 75.8 cm³/mol. The average molecular weight is 260 g/mol. The third-order valence-corrected chi connectivity index (χ3v) is 2.55. The number of hydrogen-bond acceptors (Lipinski definition) is 3. The van der Waals surface area contributed by atoms with Gasteiger partial charge in [0.25, 0.3) is 0 Å². The highest BCUT2D eigenvalue weighted by Gasteiger charge is 2.08. The van der Waals surface area contributed by atoms with Crippen molar-refractivity contribution in [1.82, 2.24) is 9.99 Å². The average Bonchev–Trinajstić information content (AvgIpc) is 2.68. The molecule has 0 saturated heterocycles. The lowest BCUT2D eigenvalue weighted by atomic mass is 10.2. The first-order valence-electron chi connectivity index (χ1n) is 5.29. The molecule has 0 aliphatic carbocycles. The van der Waals surface area contributed by atoms with Crippen LogP contribution in [0.4, 0.5) is 0 Å². The van der Waals surface area contributed by atoms with Gasteiger partial charge in [-0.3, -0.25) is 14.8 Å². The van der Waals surface area contributed by atoms with Crippen molar-refractivity contribution in [2.45, 2.75) is 6.92 Å². The number of para-hydroxylation sites is 1. The molecule has 1 aromatic heterocycles. The van der Waals surface area contributed by atoms with Crippen LogP contribution in [0, 0.1) is 0 Å². The molecule has 0 aliphatic heterocycles. The summed E-state index contributed by atoms with van der Waals surface area (Å²) in [5, 5.41) is 4.94. The molecule has 2 rings (SSSR count). The molecule has 1 heterocycles. The van der Waals surface area contributed by atoms with Crippen molar-refractivity contribution in [2.24, 2.45) is 10.8 Å². The standard InChI is InChI=1S/C12H12N4OS/c1-8(17)16-7-9(6-14-15-12(13)18)10-4-2-3-5-11(10)16/h2-7H,1H3,(H3,13,15,18)/b14-6-. The zero-order valence-electron chi connectivity index (χ0n) is 9.75. The molecule has 0 fully saturated rings. The highest BCUT2D eigenvalue weighted by molar-refractivity contribution is 7.80. The summed E-state index contributed by atoms with van der Waals surface area (Å²) >= 11 is 4.65. The van der Waals surface area contributed by atoms with Crippen molar-refractivity contribution in [2.75, 3.05) is 0 Å². The minimum atomic E-state index is -0.0480. The number of nitrogens with one attached hydrogen (secondary N) is 1. The van der Waals surface area contributed by atoms with Crippen molar-refractivity contribution < 1.29 is 4.79 Å². The minimum Gasteiger partial charge on any atom is -0.375 e. The van der Waals surface area contributed by atoms with E-state index in [9.17, 15) is 4.79 Å². The lowest BCUT2D eigenvalue weighted by Crippen LogP contribution is -2.23. The van der Waals surface area contributed by atoms with Gasteiger partial charge >= 0.3 is 0 Å². The number of fused-ring (bicyclic) bond motifs is 1. The van der Waals surface area contributed by atoms with Gasteiger partial charge in [0.2, 0.25) is 5.91 Å². The van der Waals surface area contributed by atoms with Crippen LogP contribution in [0.5, 0.6) is 0 Å². The van der Waals surface area contributed by atoms with Gasteiger partial charge in [-0.15, -0.1) is 0 Å². The van der Waals surface area contributed by atoms with E-state index in [-0.39, 0.29) is 11.0 Å². The van der Waals surface area contributed by atoms with Crippen LogP contribution >= 0.6 is 12.2 Å². The van der Waals surface area contributed by atoms with Crippen molar-refractivity contribution in [3.05, 3.63) is 36.0 Å². The van der Waals surface area contributed by atoms with Gasteiger partial charge in [0.1, 0.15) is 0 Å². The Morgan fingerprint density at radius 3 is 2.89 bits per heavy atom. The Labute approximate surface area is 109 Å². The van der Waals surface area contributed by atoms with Crippen LogP contribution in [0.25, 0.3) is 10.9 Å². The smallest absolute Gasteiger partial charge is 0.227 e. The number of hydrogen-bond donors (Lipinski definition) is 2. The molecule has 0 unspecified atom stereocenters. The Kier molecular flexibility index (Phi) is 3.38. The quantitative estimate of drug-likeness (QED) is 0.487. The second-order valence-corrected chi connectivity index (χ2v) is 4.16. The van der Waals surface area contributed by atoms with Gasteiger partial charge in [-0.05, 0) is 18.3 Å². The number of carbonyl (C=O) groups is 1. The summed E-state index contributed by atoms with van der Waals surface area (Å²) in [5.41, 5.74) is 9.42. The van der Waals surface area contributed by atoms with Crippen LogP contribution in [0.1, 0.15) is 17.3 Å². The number of benzene rings is 1. The Morgan fingerprint density at radius 1 is 1.50 bits per heavy atom. The molecule has 92 valence electrons. The van der Waals surface area contributed by atoms with Gasteiger partial charge < -0.3 is 5.73 Å². The first-order valence-corrected chi connectivity index (χ1v) is 5.70. The van der Waals surface area contributed by atoms with Gasteiger partial charge in [-0.1, -0.05) is 18.2 Å². The summed E-state index contributed by atoms with van der Waals surface area (Å²) in [6, 6.07) is 7.60. The van der Waals surface area contributed by atoms with Crippen molar-refractivity contribution in [3.8, 4) is 0 Å². The minimum absolute atomic E-state index is 0.0480. The molecule has 0 radical (unpaired) electrons. The lowest BCUT2D eigenvalue weighted by Gasteiger charge is -1.96. The zero-order valence-corrected chi connectivity index (χ0v) is 10.6. The molecule has 6 heteroatoms. The van der Waals surface area contributed by atoms with E-state index in [2.05, 4.69) is 22.7 Å². The third kappa shape index (κ3) is 2.38. The molecule has 0 saturated carbocycles. The van der Waals surface area contributed by atoms with E-state index in [1.54, 1.807) is 17.0 Å². The topological polar surface area (TPSA) is 72.4 Å². The Hall–Kier alpha value is -2.21. The molecule has 0 amide bonds. The third-order valence-electron chi connectivity index (χ3n) is 2.46. The van der Waals surface area contributed by atoms with Gasteiger partial charge in [0.15, 0.2) is 5.11 Å². The Bertz CT molecular complexity index is 645. The normalized spacial score (nSPS) is 10.9. The lowest BCUT2D eigenvalue weighted by molar-refractivity contribution is 0.0941. The molecule has 18 heavy (non-hydrogen) atoms. The van der Waals surface area contributed by atoms with Gasteiger partial charge in [0.05, 0.1) is 11.7 Å². The van der Waals surface area contributed by atoms with E-state index < -0.39 is 0 Å². The molecule has 5 nitrogen and oxygen atoms in total. The molecular weight excluding hydrogens is 248 g/mol. The summed E-state index contributed by atoms with van der Waals surface area (Å²) in [4.78, 5) is 11.5. The van der Waals surface area contributed by atoms with Crippen molar-refractivity contribution in [1.29, 1.82) is 0 Å². The summed E-state index contributed by atoms with van der Waals surface area (Å²) < 4.78 is 1.58. The Balaban J connectivity index is 2.48. The van der Waals surface area contributed by atoms with Crippen LogP contribution in [-0.2, 0) is 0 Å². The van der Waals surface area contributed by atoms with Crippen LogP contribution in [0.2, 0.25) is 0 Å². The maximum atomic E-state index is 11.5. The van der Waals surface area contributed by atoms with E-state index in [1.807, 2.05) is 24.3 Å². The number of nitrogens with zero attached hydrogens (tertiary/aromatic N) is 2. The van der Waals surface area contributed by atoms with Crippen LogP contribution < -0.4 is 11.2 Å². The second-order valence-electron chi connectivity index (χ2n) is 3.72. The Morgan fingerprint density at radius 2 is 2.22 bits per heavy atom. The highest BCUT2D eigenvalue weighted by atomic mass is 32.1. The van der Waals surface area contributed by atoms with E-state index >= 15 is 0 Å². The number of rotatable bonds is 2. The molecule has 1 aromatic carbocycles. The van der Waals surface area contributed by atoms with E-state index in [0.717, 1.165) is 16.5 Å². The maximum absolute atomic E-state index is 11.5. The highest BCUT2D eigenvalue weighted by Crippen LogP contribution is 2.19. The van der Waals surface area contributed by atoms with Crippen LogP contribution in [0.3, 0.4) is 0 Å². The van der Waals surface area contributed by atoms with E-state index in [0.29, 0.717) is 0 Å². The van der Waals surface area contributed by atoms with Gasteiger partial charge in [-0.25, -0.2) is 0 Å². The molecule has 0 atom stereocenters. The van der Waals surface area contributed by atoms with Crippen LogP contribution in [-0.4, -0.2) is 21.8 Å². The maximum Gasteiger partial charge on any atom is 0.227 e. The number of hydrazone groups is 1. The largest absolute Gasteiger partial charge is 0.375 e. The summed E-state index contributed by atoms with van der Waals surface area (Å²) in [7, 11) is 0. The van der Waals surface area contributed by atoms with Gasteiger partial charge in [-0.2, -0.15) is 5.10 Å². The molecule has 2 aromatic rings. The number of carbonyl (C=O) groups excluding carboxylic acids is 1. The molecule has 3 N–H and O–H groups in total. The van der Waals surface area contributed by atoms with E-state index in [1.165, 1.54) is 6.92 Å². The number of thiocarbonyl (C=S) groups is 1. The molecule has 0 aliphatic rings. The fourth-order valence-corrected chi connectivity index (χ4v) is 1.79. The van der Waals surface area contributed by atoms with Crippen molar-refractivity contribution in [3.63, 3.8) is 0 Å². The van der Waals surface area contributed by atoms with Crippen molar-refractivity contribution >= 4 is 40.4 Å². The number of nitrogens with two attached hydrogens (primary N) is 1. The zero-order chi connectivity index (χ0) is 13.1. The SMILES string of the molecule is CC(=O)n1cc(/C=N\NC(N)=S)c2ccccc21. The summed E-state index contributed by atoms with van der Waals surface area (Å²) in [5.74, 6) is -0.0480. The fraction of sp³-hybridized carbons (Fsp3) is 0.0833. The molecule has 0 spiro atoms. The summed E-state index contributed by atoms with van der Waals surface area (Å²) in [6.45, 7) is 1.51. The first-order chi connectivity index (χ1) is 8.59. The summed E-state index contributed by atoms with van der Waals surface area (Å²) in [6.07, 6.45) is 3.32. The van der Waals surface area contributed by atoms with Crippen LogP contribution in [0.15, 0.2) is 35.6 Å². The second kappa shape index (κ2) is 4.97. The fourth-order valence-electron chi connectivity index (χ4n) is 1.73. The predicted octanol–water partition coefficient (Wildman–Crippen LogP) is 1.47. The molecular formula is C12H12N4OS. The molecule has 0 bridgehead atoms. The number of aromatic nitrogens is 1. The first kappa shape index (κ1) is 12.3. The van der Waals surface area contributed by atoms with Gasteiger partial charge in [0, 0.05) is 24.1 Å².